The number of nitrogens with one attached hydrogen (secondary N) is 1. The molecule has 0 aliphatic carbocycles. The molecule has 0 fully saturated rings. The normalized spacial score (nSPS) is 11.4. The van der Waals surface area contributed by atoms with Gasteiger partial charge in [-0.1, -0.05) is 0 Å². The monoisotopic (exact) mass is 238 g/mol. The zero-order chi connectivity index (χ0) is 13.2. The fraction of sp³-hybridized carbons (Fsp3) is 0.500. The number of aliphatic hydroxyl groups excluding tert-OH is 1. The number of hydrogen-bond acceptors (Lipinski definition) is 3. The number of Topliss-reactive ketones (excluding diaryl/α,β-unsaturated/α-hetero) is 1. The van der Waals surface area contributed by atoms with E-state index < -0.39 is 5.54 Å². The van der Waals surface area contributed by atoms with Gasteiger partial charge >= 0.3 is 0 Å². The fourth-order valence-corrected chi connectivity index (χ4v) is 1.39. The van der Waals surface area contributed by atoms with E-state index in [0.29, 0.717) is 11.3 Å². The molecule has 0 saturated carbocycles. The summed E-state index contributed by atoms with van der Waals surface area (Å²) in [4.78, 5) is 23.1. The number of amides is 1. The smallest absolute Gasteiger partial charge is 0.268 e. The van der Waals surface area contributed by atoms with E-state index in [0.717, 1.165) is 0 Å². The first-order valence-corrected chi connectivity index (χ1v) is 5.37. The van der Waals surface area contributed by atoms with Crippen LogP contribution < -0.4 is 5.32 Å². The van der Waals surface area contributed by atoms with Gasteiger partial charge in [-0.3, -0.25) is 9.59 Å². The minimum Gasteiger partial charge on any atom is -0.394 e. The molecule has 2 N–H and O–H groups in total. The topological polar surface area (TPSA) is 71.3 Å². The van der Waals surface area contributed by atoms with Crippen molar-refractivity contribution in [1.82, 2.24) is 9.88 Å². The van der Waals surface area contributed by atoms with Gasteiger partial charge in [0.25, 0.3) is 5.91 Å². The van der Waals surface area contributed by atoms with Crippen molar-refractivity contribution >= 4 is 11.7 Å². The Hall–Kier alpha value is -1.62. The van der Waals surface area contributed by atoms with Crippen molar-refractivity contribution in [3.63, 3.8) is 0 Å². The summed E-state index contributed by atoms with van der Waals surface area (Å²) in [6.45, 7) is 4.75. The lowest BCUT2D eigenvalue weighted by Crippen LogP contribution is -2.46. The standard InChI is InChI=1S/C12H18N2O3/c1-8(16)9-5-10(14(4)6-9)11(17)13-12(2,3)7-15/h5-6,15H,7H2,1-4H3,(H,13,17). The molecule has 1 aromatic rings. The SMILES string of the molecule is CC(=O)c1cc(C(=O)NC(C)(C)CO)n(C)c1. The molecular formula is C12H18N2O3. The van der Waals surface area contributed by atoms with Crippen molar-refractivity contribution in [2.24, 2.45) is 7.05 Å². The predicted octanol–water partition coefficient (Wildman–Crippen LogP) is 0.728. The molecule has 5 nitrogen and oxygen atoms in total. The first kappa shape index (κ1) is 13.4. The lowest BCUT2D eigenvalue weighted by molar-refractivity contribution is 0.0861. The summed E-state index contributed by atoms with van der Waals surface area (Å²) in [7, 11) is 1.70. The Morgan fingerprint density at radius 3 is 2.47 bits per heavy atom. The zero-order valence-electron chi connectivity index (χ0n) is 10.6. The van der Waals surface area contributed by atoms with E-state index in [4.69, 9.17) is 5.11 Å². The third kappa shape index (κ3) is 3.17. The number of nitrogens with zero attached hydrogens (tertiary/aromatic N) is 1. The van der Waals surface area contributed by atoms with Crippen molar-refractivity contribution in [2.75, 3.05) is 6.61 Å². The maximum Gasteiger partial charge on any atom is 0.268 e. The third-order valence-corrected chi connectivity index (χ3v) is 2.49. The molecule has 1 aromatic heterocycles. The van der Waals surface area contributed by atoms with Gasteiger partial charge in [-0.25, -0.2) is 0 Å². The maximum absolute atomic E-state index is 11.9. The molecule has 1 rings (SSSR count). The van der Waals surface area contributed by atoms with Crippen LogP contribution in [0.25, 0.3) is 0 Å². The molecule has 94 valence electrons. The number of aromatic nitrogens is 1. The second kappa shape index (κ2) is 4.71. The number of ketones is 1. The minimum absolute atomic E-state index is 0.0823. The van der Waals surface area contributed by atoms with Gasteiger partial charge in [-0.15, -0.1) is 0 Å². The quantitative estimate of drug-likeness (QED) is 0.760. The van der Waals surface area contributed by atoms with E-state index in [1.54, 1.807) is 37.7 Å². The molecule has 0 aromatic carbocycles. The fourth-order valence-electron chi connectivity index (χ4n) is 1.39. The van der Waals surface area contributed by atoms with Crippen LogP contribution in [-0.2, 0) is 7.05 Å². The number of aryl methyl sites for hydroxylation is 1. The Morgan fingerprint density at radius 2 is 2.06 bits per heavy atom. The van der Waals surface area contributed by atoms with E-state index in [1.165, 1.54) is 6.92 Å². The van der Waals surface area contributed by atoms with Gasteiger partial charge in [0.1, 0.15) is 5.69 Å². The van der Waals surface area contributed by atoms with Gasteiger partial charge in [-0.05, 0) is 26.8 Å². The lowest BCUT2D eigenvalue weighted by atomic mass is 10.1. The van der Waals surface area contributed by atoms with Crippen LogP contribution >= 0.6 is 0 Å². The third-order valence-electron chi connectivity index (χ3n) is 2.49. The molecule has 0 spiro atoms. The van der Waals surface area contributed by atoms with Crippen molar-refractivity contribution in [3.05, 3.63) is 23.5 Å². The van der Waals surface area contributed by atoms with E-state index in [-0.39, 0.29) is 18.3 Å². The average Bonchev–Trinajstić information content (AvgIpc) is 2.60. The molecule has 1 amide bonds. The van der Waals surface area contributed by atoms with Crippen LogP contribution in [0.2, 0.25) is 0 Å². The van der Waals surface area contributed by atoms with Crippen LogP contribution in [0, 0.1) is 0 Å². The van der Waals surface area contributed by atoms with Crippen LogP contribution in [0.4, 0.5) is 0 Å². The molecule has 0 saturated heterocycles. The summed E-state index contributed by atoms with van der Waals surface area (Å²) >= 11 is 0. The summed E-state index contributed by atoms with van der Waals surface area (Å²) in [6, 6.07) is 1.55. The van der Waals surface area contributed by atoms with Gasteiger partial charge in [0.05, 0.1) is 12.1 Å². The molecule has 0 aliphatic rings. The summed E-state index contributed by atoms with van der Waals surface area (Å²) in [6.07, 6.45) is 1.61. The van der Waals surface area contributed by atoms with Crippen LogP contribution in [-0.4, -0.2) is 33.5 Å². The first-order valence-electron chi connectivity index (χ1n) is 5.37. The van der Waals surface area contributed by atoms with Crippen LogP contribution in [0.15, 0.2) is 12.3 Å². The summed E-state index contributed by atoms with van der Waals surface area (Å²) in [5.74, 6) is -0.389. The van der Waals surface area contributed by atoms with Gasteiger partial charge in [0, 0.05) is 18.8 Å². The minimum atomic E-state index is -0.683. The summed E-state index contributed by atoms with van der Waals surface area (Å²) in [5.41, 5.74) is 0.216. The molecule has 17 heavy (non-hydrogen) atoms. The molecular weight excluding hydrogens is 220 g/mol. The molecule has 0 unspecified atom stereocenters. The first-order chi connectivity index (χ1) is 7.76. The maximum atomic E-state index is 11.9. The van der Waals surface area contributed by atoms with Crippen molar-refractivity contribution < 1.29 is 14.7 Å². The Kier molecular flexibility index (Phi) is 3.72. The van der Waals surface area contributed by atoms with E-state index >= 15 is 0 Å². The van der Waals surface area contributed by atoms with E-state index in [1.807, 2.05) is 0 Å². The number of hydrogen-bond donors (Lipinski definition) is 2. The molecule has 5 heteroatoms. The highest BCUT2D eigenvalue weighted by Gasteiger charge is 2.22. The van der Waals surface area contributed by atoms with Crippen molar-refractivity contribution in [3.8, 4) is 0 Å². The Balaban J connectivity index is 2.93. The summed E-state index contributed by atoms with van der Waals surface area (Å²) < 4.78 is 1.60. The van der Waals surface area contributed by atoms with Crippen LogP contribution in [0.1, 0.15) is 41.6 Å². The van der Waals surface area contributed by atoms with Crippen LogP contribution in [0.3, 0.4) is 0 Å². The lowest BCUT2D eigenvalue weighted by Gasteiger charge is -2.23. The van der Waals surface area contributed by atoms with E-state index in [2.05, 4.69) is 5.32 Å². The Morgan fingerprint density at radius 1 is 1.47 bits per heavy atom. The largest absolute Gasteiger partial charge is 0.394 e. The second-order valence-electron chi connectivity index (χ2n) is 4.78. The molecule has 0 atom stereocenters. The van der Waals surface area contributed by atoms with E-state index in [9.17, 15) is 9.59 Å². The van der Waals surface area contributed by atoms with Crippen molar-refractivity contribution in [1.29, 1.82) is 0 Å². The van der Waals surface area contributed by atoms with Gasteiger partial charge in [-0.2, -0.15) is 0 Å². The number of aliphatic hydroxyl groups is 1. The number of carbonyl (C=O) groups excluding carboxylic acids is 2. The molecule has 1 heterocycles. The predicted molar refractivity (Wildman–Crippen MR) is 64.0 cm³/mol. The highest BCUT2D eigenvalue weighted by Crippen LogP contribution is 2.10. The molecule has 0 aliphatic heterocycles. The Labute approximate surface area is 100 Å². The molecule has 0 radical (unpaired) electrons. The van der Waals surface area contributed by atoms with Gasteiger partial charge < -0.3 is 15.0 Å². The van der Waals surface area contributed by atoms with Gasteiger partial charge in [0.15, 0.2) is 5.78 Å². The highest BCUT2D eigenvalue weighted by atomic mass is 16.3. The Bertz CT molecular complexity index is 447. The van der Waals surface area contributed by atoms with Gasteiger partial charge in [0.2, 0.25) is 0 Å². The number of carbonyl (C=O) groups is 2. The van der Waals surface area contributed by atoms with Crippen molar-refractivity contribution in [2.45, 2.75) is 26.3 Å². The number of rotatable bonds is 4. The molecule has 0 bridgehead atoms. The summed E-state index contributed by atoms with van der Waals surface area (Å²) in [5, 5.41) is 11.8. The van der Waals surface area contributed by atoms with Crippen LogP contribution in [0.5, 0.6) is 0 Å². The average molecular weight is 238 g/mol. The highest BCUT2D eigenvalue weighted by molar-refractivity contribution is 5.99. The second-order valence-corrected chi connectivity index (χ2v) is 4.78. The zero-order valence-corrected chi connectivity index (χ0v) is 10.6.